The van der Waals surface area contributed by atoms with Crippen LogP contribution in [0.2, 0.25) is 0 Å². The number of tetrazole rings is 1. The Labute approximate surface area is 150 Å². The van der Waals surface area contributed by atoms with E-state index in [0.29, 0.717) is 29.4 Å². The molecular weight excluding hydrogens is 334 g/mol. The average molecular weight is 353 g/mol. The molecular formula is C18H19N5O3. The van der Waals surface area contributed by atoms with Crippen molar-refractivity contribution in [3.63, 3.8) is 0 Å². The molecule has 8 heteroatoms. The number of amides is 1. The number of hydrogen-bond donors (Lipinski definition) is 2. The van der Waals surface area contributed by atoms with Gasteiger partial charge >= 0.3 is 0 Å². The van der Waals surface area contributed by atoms with Crippen LogP contribution < -0.4 is 14.8 Å². The zero-order chi connectivity index (χ0) is 18.4. The highest BCUT2D eigenvalue weighted by atomic mass is 16.5. The van der Waals surface area contributed by atoms with Crippen molar-refractivity contribution in [3.8, 4) is 11.5 Å². The molecule has 2 N–H and O–H groups in total. The van der Waals surface area contributed by atoms with Crippen LogP contribution in [0.3, 0.4) is 0 Å². The molecule has 3 aromatic rings. The molecule has 0 aliphatic rings. The molecule has 0 radical (unpaired) electrons. The Bertz CT molecular complexity index is 853. The molecule has 1 heterocycles. The number of aromatic amines is 1. The van der Waals surface area contributed by atoms with Crippen molar-refractivity contribution in [2.45, 2.75) is 12.3 Å². The summed E-state index contributed by atoms with van der Waals surface area (Å²) in [5, 5.41) is 16.8. The lowest BCUT2D eigenvalue weighted by Crippen LogP contribution is -2.24. The fourth-order valence-electron chi connectivity index (χ4n) is 2.61. The number of hydrogen-bond acceptors (Lipinski definition) is 6. The van der Waals surface area contributed by atoms with Gasteiger partial charge in [-0.2, -0.15) is 5.21 Å². The summed E-state index contributed by atoms with van der Waals surface area (Å²) in [6, 6.07) is 14.7. The van der Waals surface area contributed by atoms with Crippen molar-refractivity contribution in [1.82, 2.24) is 20.6 Å². The Hall–Kier alpha value is -3.42. The Morgan fingerprint density at radius 2 is 1.96 bits per heavy atom. The molecule has 1 atom stereocenters. The van der Waals surface area contributed by atoms with Crippen molar-refractivity contribution < 1.29 is 14.3 Å². The van der Waals surface area contributed by atoms with Crippen molar-refractivity contribution >= 4 is 11.6 Å². The number of benzene rings is 2. The van der Waals surface area contributed by atoms with Crippen molar-refractivity contribution in [3.05, 3.63) is 59.9 Å². The topological polar surface area (TPSA) is 102 Å². The summed E-state index contributed by atoms with van der Waals surface area (Å²) in [6.07, 6.45) is 0.353. The van der Waals surface area contributed by atoms with Gasteiger partial charge in [0.15, 0.2) is 5.82 Å². The highest BCUT2D eigenvalue weighted by molar-refractivity contribution is 5.95. The van der Waals surface area contributed by atoms with Gasteiger partial charge < -0.3 is 14.8 Å². The van der Waals surface area contributed by atoms with Crippen LogP contribution in [0.25, 0.3) is 0 Å². The van der Waals surface area contributed by atoms with Gasteiger partial charge in [-0.05, 0) is 30.2 Å². The summed E-state index contributed by atoms with van der Waals surface area (Å²) in [6.45, 7) is 0. The normalized spacial score (nSPS) is 11.6. The SMILES string of the molecule is COc1ccc(C[C@@H](C(=O)Nc2ccccc2)c2nn[nH]n2)c(OC)c1. The molecule has 26 heavy (non-hydrogen) atoms. The molecule has 134 valence electrons. The van der Waals surface area contributed by atoms with E-state index in [-0.39, 0.29) is 5.91 Å². The quantitative estimate of drug-likeness (QED) is 0.675. The van der Waals surface area contributed by atoms with E-state index >= 15 is 0 Å². The highest BCUT2D eigenvalue weighted by Crippen LogP contribution is 2.29. The Morgan fingerprint density at radius 1 is 1.15 bits per heavy atom. The van der Waals surface area contributed by atoms with E-state index in [9.17, 15) is 4.79 Å². The summed E-state index contributed by atoms with van der Waals surface area (Å²) in [5.41, 5.74) is 1.54. The molecule has 1 amide bonds. The number of para-hydroxylation sites is 1. The third kappa shape index (κ3) is 3.97. The molecule has 1 aromatic heterocycles. The molecule has 0 unspecified atom stereocenters. The van der Waals surface area contributed by atoms with Crippen molar-refractivity contribution in [2.75, 3.05) is 19.5 Å². The molecule has 0 fully saturated rings. The van der Waals surface area contributed by atoms with E-state index in [1.807, 2.05) is 42.5 Å². The number of nitrogens with one attached hydrogen (secondary N) is 2. The van der Waals surface area contributed by atoms with Gasteiger partial charge in [-0.15, -0.1) is 10.2 Å². The number of nitrogens with zero attached hydrogens (tertiary/aromatic N) is 3. The van der Waals surface area contributed by atoms with Gasteiger partial charge in [0.1, 0.15) is 17.4 Å². The van der Waals surface area contributed by atoms with Crippen LogP contribution in [0.15, 0.2) is 48.5 Å². The lowest BCUT2D eigenvalue weighted by molar-refractivity contribution is -0.117. The van der Waals surface area contributed by atoms with Crippen LogP contribution in [0, 0.1) is 0 Å². The summed E-state index contributed by atoms with van der Waals surface area (Å²) in [7, 11) is 3.16. The maximum Gasteiger partial charge on any atom is 0.235 e. The summed E-state index contributed by atoms with van der Waals surface area (Å²) < 4.78 is 10.6. The first-order valence-electron chi connectivity index (χ1n) is 8.01. The number of carbonyl (C=O) groups is 1. The molecule has 0 aliphatic carbocycles. The van der Waals surface area contributed by atoms with Gasteiger partial charge in [-0.1, -0.05) is 29.5 Å². The van der Waals surface area contributed by atoms with Gasteiger partial charge in [-0.25, -0.2) is 0 Å². The van der Waals surface area contributed by atoms with Gasteiger partial charge in [0, 0.05) is 11.8 Å². The average Bonchev–Trinajstić information content (AvgIpc) is 3.21. The lowest BCUT2D eigenvalue weighted by Gasteiger charge is -2.16. The van der Waals surface area contributed by atoms with Crippen molar-refractivity contribution in [1.29, 1.82) is 0 Å². The van der Waals surface area contributed by atoms with E-state index in [4.69, 9.17) is 9.47 Å². The van der Waals surface area contributed by atoms with Crippen LogP contribution in [0.1, 0.15) is 17.3 Å². The minimum absolute atomic E-state index is 0.226. The van der Waals surface area contributed by atoms with Crippen LogP contribution in [0.4, 0.5) is 5.69 Å². The molecule has 0 saturated carbocycles. The molecule has 0 spiro atoms. The second-order valence-corrected chi connectivity index (χ2v) is 5.56. The third-order valence-corrected chi connectivity index (χ3v) is 3.95. The third-order valence-electron chi connectivity index (χ3n) is 3.95. The number of H-pyrrole nitrogens is 1. The molecule has 0 saturated heterocycles. The zero-order valence-corrected chi connectivity index (χ0v) is 14.5. The second-order valence-electron chi connectivity index (χ2n) is 5.56. The second kappa shape index (κ2) is 8.11. The van der Waals surface area contributed by atoms with E-state index in [0.717, 1.165) is 5.56 Å². The molecule has 0 bridgehead atoms. The maximum atomic E-state index is 12.8. The Morgan fingerprint density at radius 3 is 2.62 bits per heavy atom. The first-order chi connectivity index (χ1) is 12.7. The standard InChI is InChI=1S/C18H19N5O3/c1-25-14-9-8-12(16(11-14)26-2)10-15(17-20-22-23-21-17)18(24)19-13-6-4-3-5-7-13/h3-9,11,15H,10H2,1-2H3,(H,19,24)(H,20,21,22,23)/t15-/m1/s1. The predicted octanol–water partition coefficient (Wildman–Crippen LogP) is 2.18. The zero-order valence-electron chi connectivity index (χ0n) is 14.5. The predicted molar refractivity (Wildman–Crippen MR) is 95.2 cm³/mol. The monoisotopic (exact) mass is 353 g/mol. The Kier molecular flexibility index (Phi) is 5.43. The van der Waals surface area contributed by atoms with Crippen LogP contribution in [-0.2, 0) is 11.2 Å². The minimum Gasteiger partial charge on any atom is -0.497 e. The number of ether oxygens (including phenoxy) is 2. The largest absolute Gasteiger partial charge is 0.497 e. The van der Waals surface area contributed by atoms with Crippen LogP contribution in [0.5, 0.6) is 11.5 Å². The lowest BCUT2D eigenvalue weighted by atomic mass is 9.96. The number of anilines is 1. The van der Waals surface area contributed by atoms with E-state index < -0.39 is 5.92 Å². The fourth-order valence-corrected chi connectivity index (χ4v) is 2.61. The minimum atomic E-state index is -0.628. The number of carbonyl (C=O) groups excluding carboxylic acids is 1. The van der Waals surface area contributed by atoms with Gasteiger partial charge in [0.25, 0.3) is 0 Å². The maximum absolute atomic E-state index is 12.8. The molecule has 8 nitrogen and oxygen atoms in total. The first kappa shape index (κ1) is 17.4. The first-order valence-corrected chi connectivity index (χ1v) is 8.01. The van der Waals surface area contributed by atoms with E-state index in [1.165, 1.54) is 0 Å². The fraction of sp³-hybridized carbons (Fsp3) is 0.222. The van der Waals surface area contributed by atoms with Gasteiger partial charge in [-0.3, -0.25) is 4.79 Å². The molecule has 2 aromatic carbocycles. The van der Waals surface area contributed by atoms with Crippen LogP contribution in [-0.4, -0.2) is 40.8 Å². The van der Waals surface area contributed by atoms with E-state index in [2.05, 4.69) is 25.9 Å². The van der Waals surface area contributed by atoms with E-state index in [1.54, 1.807) is 20.3 Å². The number of aromatic nitrogens is 4. The van der Waals surface area contributed by atoms with Crippen LogP contribution >= 0.6 is 0 Å². The summed E-state index contributed by atoms with van der Waals surface area (Å²) >= 11 is 0. The van der Waals surface area contributed by atoms with Crippen molar-refractivity contribution in [2.24, 2.45) is 0 Å². The van der Waals surface area contributed by atoms with Gasteiger partial charge in [0.2, 0.25) is 5.91 Å². The number of methoxy groups -OCH3 is 2. The summed E-state index contributed by atoms with van der Waals surface area (Å²) in [4.78, 5) is 12.8. The van der Waals surface area contributed by atoms with Gasteiger partial charge in [0.05, 0.1) is 14.2 Å². The summed E-state index contributed by atoms with van der Waals surface area (Å²) in [5.74, 6) is 0.767. The highest BCUT2D eigenvalue weighted by Gasteiger charge is 2.27. The Balaban J connectivity index is 1.87. The number of rotatable bonds is 7. The smallest absolute Gasteiger partial charge is 0.235 e. The molecule has 3 rings (SSSR count). The molecule has 0 aliphatic heterocycles.